The number of esters is 2. The number of carbonyl (C=O) groups is 2. The van der Waals surface area contributed by atoms with Crippen LogP contribution in [0.15, 0.2) is 42.5 Å². The van der Waals surface area contributed by atoms with Gasteiger partial charge in [0.05, 0.1) is 7.11 Å². The van der Waals surface area contributed by atoms with E-state index in [9.17, 15) is 9.59 Å². The molecule has 0 unspecified atom stereocenters. The van der Waals surface area contributed by atoms with Crippen molar-refractivity contribution in [3.8, 4) is 11.5 Å². The normalized spacial score (nSPS) is 20.8. The first kappa shape index (κ1) is 18.8. The number of ether oxygens (including phenoxy) is 4. The van der Waals surface area contributed by atoms with Crippen LogP contribution in [0.1, 0.15) is 42.7 Å². The number of aryl methyl sites for hydroxylation is 1. The first-order valence-electron chi connectivity index (χ1n) is 8.64. The van der Waals surface area contributed by atoms with Gasteiger partial charge in [0.25, 0.3) is 0 Å². The van der Waals surface area contributed by atoms with E-state index in [1.54, 1.807) is 19.2 Å². The molecule has 3 rings (SSSR count). The second-order valence-electron chi connectivity index (χ2n) is 6.46. The molecule has 27 heavy (non-hydrogen) atoms. The summed E-state index contributed by atoms with van der Waals surface area (Å²) in [6.07, 6.45) is -2.20. The molecule has 2 aromatic carbocycles. The molecule has 0 spiro atoms. The minimum Gasteiger partial charge on any atom is -0.497 e. The van der Waals surface area contributed by atoms with Gasteiger partial charge < -0.3 is 18.9 Å². The van der Waals surface area contributed by atoms with Crippen LogP contribution in [0.2, 0.25) is 0 Å². The van der Waals surface area contributed by atoms with E-state index < -0.39 is 30.3 Å². The highest BCUT2D eigenvalue weighted by molar-refractivity contribution is 5.68. The number of hydrogen-bond donors (Lipinski definition) is 0. The van der Waals surface area contributed by atoms with Gasteiger partial charge in [-0.15, -0.1) is 0 Å². The van der Waals surface area contributed by atoms with Crippen LogP contribution in [0.25, 0.3) is 0 Å². The molecule has 0 aromatic heterocycles. The summed E-state index contributed by atoms with van der Waals surface area (Å²) in [4.78, 5) is 23.5. The molecule has 3 atom stereocenters. The second-order valence-corrected chi connectivity index (χ2v) is 6.46. The summed E-state index contributed by atoms with van der Waals surface area (Å²) in [7, 11) is 1.59. The molecule has 0 fully saturated rings. The largest absolute Gasteiger partial charge is 0.497 e. The molecule has 0 radical (unpaired) electrons. The van der Waals surface area contributed by atoms with Gasteiger partial charge in [0.2, 0.25) is 0 Å². The fourth-order valence-electron chi connectivity index (χ4n) is 3.21. The topological polar surface area (TPSA) is 71.1 Å². The van der Waals surface area contributed by atoms with Gasteiger partial charge >= 0.3 is 11.9 Å². The van der Waals surface area contributed by atoms with Crippen LogP contribution < -0.4 is 9.47 Å². The summed E-state index contributed by atoms with van der Waals surface area (Å²) in [6.45, 7) is 4.58. The number of methoxy groups -OCH3 is 1. The quantitative estimate of drug-likeness (QED) is 0.765. The molecule has 1 aliphatic heterocycles. The molecule has 0 saturated carbocycles. The highest BCUT2D eigenvalue weighted by atomic mass is 16.6. The van der Waals surface area contributed by atoms with Crippen LogP contribution in [0, 0.1) is 6.92 Å². The van der Waals surface area contributed by atoms with Crippen molar-refractivity contribution in [1.29, 1.82) is 0 Å². The lowest BCUT2D eigenvalue weighted by molar-refractivity contribution is -0.178. The predicted octanol–water partition coefficient (Wildman–Crippen LogP) is 3.67. The molecule has 2 aromatic rings. The van der Waals surface area contributed by atoms with E-state index in [2.05, 4.69) is 0 Å². The highest BCUT2D eigenvalue weighted by Gasteiger charge is 2.43. The molecular weight excluding hydrogens is 348 g/mol. The van der Waals surface area contributed by atoms with E-state index >= 15 is 0 Å². The molecule has 0 aliphatic carbocycles. The van der Waals surface area contributed by atoms with Crippen molar-refractivity contribution in [2.45, 2.75) is 39.1 Å². The van der Waals surface area contributed by atoms with Crippen molar-refractivity contribution < 1.29 is 28.5 Å². The molecule has 0 bridgehead atoms. The number of fused-ring (bicyclic) bond motifs is 1. The average Bonchev–Trinajstić information content (AvgIpc) is 2.63. The van der Waals surface area contributed by atoms with E-state index in [1.165, 1.54) is 13.8 Å². The van der Waals surface area contributed by atoms with Gasteiger partial charge in [-0.2, -0.15) is 0 Å². The van der Waals surface area contributed by atoms with Gasteiger partial charge in [-0.05, 0) is 36.8 Å². The molecule has 0 amide bonds. The number of rotatable bonds is 4. The minimum absolute atomic E-state index is 0.458. The highest BCUT2D eigenvalue weighted by Crippen LogP contribution is 2.45. The Balaban J connectivity index is 2.08. The zero-order chi connectivity index (χ0) is 19.6. The van der Waals surface area contributed by atoms with E-state index in [-0.39, 0.29) is 0 Å². The average molecular weight is 370 g/mol. The van der Waals surface area contributed by atoms with Crippen molar-refractivity contribution in [2.75, 3.05) is 7.11 Å². The van der Waals surface area contributed by atoms with Crippen molar-refractivity contribution in [1.82, 2.24) is 0 Å². The van der Waals surface area contributed by atoms with E-state index in [0.29, 0.717) is 17.1 Å². The first-order chi connectivity index (χ1) is 12.9. The van der Waals surface area contributed by atoms with Gasteiger partial charge in [-0.1, -0.05) is 23.8 Å². The second kappa shape index (κ2) is 7.70. The van der Waals surface area contributed by atoms with Crippen LogP contribution >= 0.6 is 0 Å². The minimum atomic E-state index is -0.811. The third-order valence-electron chi connectivity index (χ3n) is 4.36. The maximum atomic E-state index is 11.8. The molecule has 0 saturated heterocycles. The monoisotopic (exact) mass is 370 g/mol. The third kappa shape index (κ3) is 4.05. The van der Waals surface area contributed by atoms with Gasteiger partial charge in [0.1, 0.15) is 11.5 Å². The summed E-state index contributed by atoms with van der Waals surface area (Å²) in [5.74, 6) is 0.359. The van der Waals surface area contributed by atoms with Crippen molar-refractivity contribution in [3.63, 3.8) is 0 Å². The Morgan fingerprint density at radius 1 is 0.963 bits per heavy atom. The molecule has 142 valence electrons. The van der Waals surface area contributed by atoms with Crippen molar-refractivity contribution in [3.05, 3.63) is 59.2 Å². The lowest BCUT2D eigenvalue weighted by Gasteiger charge is -2.38. The van der Waals surface area contributed by atoms with Crippen LogP contribution in [0.4, 0.5) is 0 Å². The van der Waals surface area contributed by atoms with Gasteiger partial charge in [-0.3, -0.25) is 9.59 Å². The van der Waals surface area contributed by atoms with Gasteiger partial charge in [-0.25, -0.2) is 0 Å². The Hall–Kier alpha value is -3.02. The third-order valence-corrected chi connectivity index (χ3v) is 4.36. The molecular formula is C21H22O6. The molecule has 1 heterocycles. The Morgan fingerprint density at radius 2 is 1.63 bits per heavy atom. The zero-order valence-electron chi connectivity index (χ0n) is 15.7. The van der Waals surface area contributed by atoms with E-state index in [4.69, 9.17) is 18.9 Å². The van der Waals surface area contributed by atoms with Gasteiger partial charge in [0.15, 0.2) is 18.3 Å². The summed E-state index contributed by atoms with van der Waals surface area (Å²) in [5.41, 5.74) is 2.45. The van der Waals surface area contributed by atoms with Crippen LogP contribution in [-0.2, 0) is 19.1 Å². The van der Waals surface area contributed by atoms with Crippen LogP contribution in [0.5, 0.6) is 11.5 Å². The van der Waals surface area contributed by atoms with Crippen LogP contribution in [-0.4, -0.2) is 25.2 Å². The first-order valence-corrected chi connectivity index (χ1v) is 8.64. The maximum absolute atomic E-state index is 11.8. The van der Waals surface area contributed by atoms with E-state index in [1.807, 2.05) is 37.3 Å². The predicted molar refractivity (Wildman–Crippen MR) is 97.6 cm³/mol. The Kier molecular flexibility index (Phi) is 5.35. The summed E-state index contributed by atoms with van der Waals surface area (Å²) >= 11 is 0. The lowest BCUT2D eigenvalue weighted by atomic mass is 9.91. The number of hydrogen-bond acceptors (Lipinski definition) is 6. The molecule has 0 N–H and O–H groups in total. The maximum Gasteiger partial charge on any atom is 0.303 e. The Bertz CT molecular complexity index is 842. The zero-order valence-corrected chi connectivity index (χ0v) is 15.7. The Labute approximate surface area is 158 Å². The number of carbonyl (C=O) groups excluding carboxylic acids is 2. The van der Waals surface area contributed by atoms with Gasteiger partial charge in [0, 0.05) is 19.4 Å². The fraction of sp³-hybridized carbons (Fsp3) is 0.333. The molecule has 1 aliphatic rings. The summed E-state index contributed by atoms with van der Waals surface area (Å²) in [5, 5.41) is 0. The standard InChI is InChI=1S/C21H22O6/c1-12-5-10-18-17(11-12)20(25-13(2)22)21(26-14(3)23)19(27-18)15-6-8-16(24-4)9-7-15/h5-11,19-21H,1-4H3/t19-,20-,21+/m1/s1. The SMILES string of the molecule is COc1ccc([C@H]2Oc3ccc(C)cc3[C@@H](OC(C)=O)[C@H]2OC(C)=O)cc1. The summed E-state index contributed by atoms with van der Waals surface area (Å²) < 4.78 is 22.5. The fourth-order valence-corrected chi connectivity index (χ4v) is 3.21. The van der Waals surface area contributed by atoms with E-state index in [0.717, 1.165) is 11.1 Å². The lowest BCUT2D eigenvalue weighted by Crippen LogP contribution is -2.39. The smallest absolute Gasteiger partial charge is 0.303 e. The molecule has 6 heteroatoms. The summed E-state index contributed by atoms with van der Waals surface area (Å²) in [6, 6.07) is 12.9. The van der Waals surface area contributed by atoms with Crippen molar-refractivity contribution in [2.24, 2.45) is 0 Å². The van der Waals surface area contributed by atoms with Crippen molar-refractivity contribution >= 4 is 11.9 Å². The molecule has 6 nitrogen and oxygen atoms in total. The Morgan fingerprint density at radius 3 is 2.22 bits per heavy atom. The number of benzene rings is 2. The van der Waals surface area contributed by atoms with Crippen LogP contribution in [0.3, 0.4) is 0 Å².